The van der Waals surface area contributed by atoms with Gasteiger partial charge in [-0.05, 0) is 43.2 Å². The first-order chi connectivity index (χ1) is 11.5. The van der Waals surface area contributed by atoms with E-state index in [1.165, 1.54) is 0 Å². The van der Waals surface area contributed by atoms with Crippen LogP contribution in [0.1, 0.15) is 36.2 Å². The third kappa shape index (κ3) is 5.10. The summed E-state index contributed by atoms with van der Waals surface area (Å²) in [5.74, 6) is -0.368. The minimum Gasteiger partial charge on any atom is -0.350 e. The van der Waals surface area contributed by atoms with E-state index in [0.29, 0.717) is 16.3 Å². The number of hydrogen-bond acceptors (Lipinski definition) is 2. The molecule has 2 amide bonds. The molecular weight excluding hydrogens is 324 g/mol. The molecule has 0 aliphatic carbocycles. The molecule has 0 aromatic heterocycles. The Balaban J connectivity index is 2.07. The zero-order chi connectivity index (χ0) is 17.5. The van der Waals surface area contributed by atoms with E-state index >= 15 is 0 Å². The fraction of sp³-hybridized carbons (Fsp3) is 0.263. The van der Waals surface area contributed by atoms with Gasteiger partial charge in [0.2, 0.25) is 5.91 Å². The summed E-state index contributed by atoms with van der Waals surface area (Å²) in [5, 5.41) is 6.35. The van der Waals surface area contributed by atoms with E-state index in [4.69, 9.17) is 11.6 Å². The van der Waals surface area contributed by atoms with E-state index in [-0.39, 0.29) is 24.3 Å². The van der Waals surface area contributed by atoms with Crippen LogP contribution in [0, 0.1) is 0 Å². The SMILES string of the molecule is CC[C@@H](C)NC(=O)c1ccccc1NC(=O)Cc1ccc(Cl)cc1. The molecule has 24 heavy (non-hydrogen) atoms. The molecule has 0 spiro atoms. The molecule has 0 saturated carbocycles. The number of nitrogens with one attached hydrogen (secondary N) is 2. The summed E-state index contributed by atoms with van der Waals surface area (Å²) in [6.45, 7) is 3.95. The first kappa shape index (κ1) is 18.0. The van der Waals surface area contributed by atoms with Crippen LogP contribution >= 0.6 is 11.6 Å². The standard InChI is InChI=1S/C19H21ClN2O2/c1-3-13(2)21-19(24)16-6-4-5-7-17(16)22-18(23)12-14-8-10-15(20)11-9-14/h4-11,13H,3,12H2,1-2H3,(H,21,24)(H,22,23)/t13-/m1/s1. The van der Waals surface area contributed by atoms with Crippen molar-refractivity contribution in [3.63, 3.8) is 0 Å². The third-order valence-corrected chi connectivity index (χ3v) is 3.97. The van der Waals surface area contributed by atoms with Crippen LogP contribution in [-0.2, 0) is 11.2 Å². The normalized spacial score (nSPS) is 11.6. The van der Waals surface area contributed by atoms with E-state index in [0.717, 1.165) is 12.0 Å². The Labute approximate surface area is 147 Å². The Morgan fingerprint density at radius 3 is 2.42 bits per heavy atom. The Morgan fingerprint density at radius 1 is 1.08 bits per heavy atom. The quantitative estimate of drug-likeness (QED) is 0.830. The predicted octanol–water partition coefficient (Wildman–Crippen LogP) is 4.05. The number of carbonyl (C=O) groups excluding carboxylic acids is 2. The zero-order valence-corrected chi connectivity index (χ0v) is 14.6. The summed E-state index contributed by atoms with van der Waals surface area (Å²) >= 11 is 5.84. The van der Waals surface area contributed by atoms with Crippen molar-refractivity contribution in [1.82, 2.24) is 5.32 Å². The molecule has 4 nitrogen and oxygen atoms in total. The second-order valence-corrected chi connectivity index (χ2v) is 6.12. The lowest BCUT2D eigenvalue weighted by molar-refractivity contribution is -0.115. The summed E-state index contributed by atoms with van der Waals surface area (Å²) in [5.41, 5.74) is 1.83. The van der Waals surface area contributed by atoms with E-state index in [1.807, 2.05) is 26.0 Å². The molecule has 0 saturated heterocycles. The molecule has 5 heteroatoms. The van der Waals surface area contributed by atoms with Gasteiger partial charge in [-0.15, -0.1) is 0 Å². The van der Waals surface area contributed by atoms with Gasteiger partial charge in [0.25, 0.3) is 5.91 Å². The van der Waals surface area contributed by atoms with Crippen LogP contribution in [0.5, 0.6) is 0 Å². The van der Waals surface area contributed by atoms with Crippen molar-refractivity contribution in [2.75, 3.05) is 5.32 Å². The Bertz CT molecular complexity index is 714. The van der Waals surface area contributed by atoms with Crippen LogP contribution in [0.25, 0.3) is 0 Å². The second-order valence-electron chi connectivity index (χ2n) is 5.68. The molecule has 0 bridgehead atoms. The molecule has 0 aliphatic rings. The molecule has 2 N–H and O–H groups in total. The highest BCUT2D eigenvalue weighted by molar-refractivity contribution is 6.30. The van der Waals surface area contributed by atoms with Gasteiger partial charge in [-0.1, -0.05) is 42.8 Å². The molecule has 0 unspecified atom stereocenters. The van der Waals surface area contributed by atoms with Crippen LogP contribution in [0.2, 0.25) is 5.02 Å². The maximum absolute atomic E-state index is 12.3. The first-order valence-corrected chi connectivity index (χ1v) is 8.31. The summed E-state index contributed by atoms with van der Waals surface area (Å²) in [6.07, 6.45) is 1.06. The van der Waals surface area contributed by atoms with E-state index in [1.54, 1.807) is 36.4 Å². The number of halogens is 1. The number of carbonyl (C=O) groups is 2. The van der Waals surface area contributed by atoms with Gasteiger partial charge < -0.3 is 10.6 Å². The molecule has 2 aromatic carbocycles. The Kier molecular flexibility index (Phi) is 6.38. The third-order valence-electron chi connectivity index (χ3n) is 3.71. The molecule has 126 valence electrons. The number of amides is 2. The number of para-hydroxylation sites is 1. The van der Waals surface area contributed by atoms with Crippen molar-refractivity contribution in [2.45, 2.75) is 32.7 Å². The van der Waals surface area contributed by atoms with Crippen molar-refractivity contribution in [1.29, 1.82) is 0 Å². The highest BCUT2D eigenvalue weighted by atomic mass is 35.5. The zero-order valence-electron chi connectivity index (χ0n) is 13.8. The lowest BCUT2D eigenvalue weighted by atomic mass is 10.1. The van der Waals surface area contributed by atoms with Gasteiger partial charge in [0.05, 0.1) is 17.7 Å². The van der Waals surface area contributed by atoms with E-state index < -0.39 is 0 Å². The first-order valence-electron chi connectivity index (χ1n) is 7.93. The molecule has 2 aromatic rings. The van der Waals surface area contributed by atoms with Crippen molar-refractivity contribution >= 4 is 29.1 Å². The topological polar surface area (TPSA) is 58.2 Å². The summed E-state index contributed by atoms with van der Waals surface area (Å²) in [7, 11) is 0. The van der Waals surface area contributed by atoms with Crippen LogP contribution in [-0.4, -0.2) is 17.9 Å². The van der Waals surface area contributed by atoms with Gasteiger partial charge in [-0.2, -0.15) is 0 Å². The smallest absolute Gasteiger partial charge is 0.253 e. The average Bonchev–Trinajstić information content (AvgIpc) is 2.57. The molecule has 0 heterocycles. The van der Waals surface area contributed by atoms with Crippen LogP contribution < -0.4 is 10.6 Å². The highest BCUT2D eigenvalue weighted by Crippen LogP contribution is 2.16. The van der Waals surface area contributed by atoms with Gasteiger partial charge >= 0.3 is 0 Å². The van der Waals surface area contributed by atoms with Crippen molar-refractivity contribution in [2.24, 2.45) is 0 Å². The van der Waals surface area contributed by atoms with Crippen molar-refractivity contribution < 1.29 is 9.59 Å². The van der Waals surface area contributed by atoms with Crippen molar-refractivity contribution in [3.8, 4) is 0 Å². The van der Waals surface area contributed by atoms with Crippen LogP contribution in [0.15, 0.2) is 48.5 Å². The predicted molar refractivity (Wildman–Crippen MR) is 97.4 cm³/mol. The number of anilines is 1. The molecule has 1 atom stereocenters. The maximum atomic E-state index is 12.3. The van der Waals surface area contributed by atoms with Crippen molar-refractivity contribution in [3.05, 3.63) is 64.7 Å². The highest BCUT2D eigenvalue weighted by Gasteiger charge is 2.14. The molecular formula is C19H21ClN2O2. The monoisotopic (exact) mass is 344 g/mol. The fourth-order valence-electron chi connectivity index (χ4n) is 2.18. The Hall–Kier alpha value is -2.33. The molecule has 0 aliphatic heterocycles. The average molecular weight is 345 g/mol. The van der Waals surface area contributed by atoms with Gasteiger partial charge in [0.1, 0.15) is 0 Å². The summed E-state index contributed by atoms with van der Waals surface area (Å²) < 4.78 is 0. The lowest BCUT2D eigenvalue weighted by Gasteiger charge is -2.14. The number of rotatable bonds is 6. The fourth-order valence-corrected chi connectivity index (χ4v) is 2.30. The van der Waals surface area contributed by atoms with Crippen LogP contribution in [0.3, 0.4) is 0 Å². The van der Waals surface area contributed by atoms with Crippen LogP contribution in [0.4, 0.5) is 5.69 Å². The molecule has 0 radical (unpaired) electrons. The maximum Gasteiger partial charge on any atom is 0.253 e. The minimum atomic E-state index is -0.188. The summed E-state index contributed by atoms with van der Waals surface area (Å²) in [4.78, 5) is 24.6. The second kappa shape index (κ2) is 8.50. The van der Waals surface area contributed by atoms with E-state index in [2.05, 4.69) is 10.6 Å². The minimum absolute atomic E-state index is 0.0790. The van der Waals surface area contributed by atoms with Gasteiger partial charge in [0, 0.05) is 11.1 Å². The lowest BCUT2D eigenvalue weighted by Crippen LogP contribution is -2.32. The van der Waals surface area contributed by atoms with Gasteiger partial charge in [-0.3, -0.25) is 9.59 Å². The summed E-state index contributed by atoms with van der Waals surface area (Å²) in [6, 6.07) is 14.2. The largest absolute Gasteiger partial charge is 0.350 e. The number of hydrogen-bond donors (Lipinski definition) is 2. The molecule has 2 rings (SSSR count). The van der Waals surface area contributed by atoms with E-state index in [9.17, 15) is 9.59 Å². The van der Waals surface area contributed by atoms with Gasteiger partial charge in [-0.25, -0.2) is 0 Å². The Morgan fingerprint density at radius 2 is 1.75 bits per heavy atom. The van der Waals surface area contributed by atoms with Gasteiger partial charge in [0.15, 0.2) is 0 Å². The number of benzene rings is 2. The molecule has 0 fully saturated rings.